The normalized spacial score (nSPS) is 20.4. The van der Waals surface area contributed by atoms with Gasteiger partial charge in [-0.3, -0.25) is 19.9 Å². The summed E-state index contributed by atoms with van der Waals surface area (Å²) >= 11 is 0. The van der Waals surface area contributed by atoms with Gasteiger partial charge in [-0.1, -0.05) is 68.4 Å². The van der Waals surface area contributed by atoms with Crippen LogP contribution in [0.1, 0.15) is 70.7 Å². The van der Waals surface area contributed by atoms with Crippen molar-refractivity contribution >= 4 is 31.5 Å². The highest BCUT2D eigenvalue weighted by atomic mass is 31.2. The number of amides is 1. The molecule has 16 nitrogen and oxygen atoms in total. The molecule has 0 spiro atoms. The van der Waals surface area contributed by atoms with Crippen molar-refractivity contribution in [2.45, 2.75) is 96.1 Å². The highest BCUT2D eigenvalue weighted by Gasteiger charge is 2.71. The van der Waals surface area contributed by atoms with Crippen LogP contribution in [-0.2, 0) is 40.3 Å². The van der Waals surface area contributed by atoms with Gasteiger partial charge in [0, 0.05) is 18.0 Å². The molecule has 4 heterocycles. The Bertz CT molecular complexity index is 2370. The Labute approximate surface area is 368 Å². The topological polar surface area (TPSA) is 184 Å². The molecule has 7 rings (SSSR count). The molecule has 63 heavy (non-hydrogen) atoms. The van der Waals surface area contributed by atoms with E-state index in [0.717, 1.165) is 16.7 Å². The average molecular weight is 882 g/mol. The summed E-state index contributed by atoms with van der Waals surface area (Å²) in [7, 11) is 1.35. The van der Waals surface area contributed by atoms with E-state index in [1.165, 1.54) is 6.33 Å². The Balaban J connectivity index is 1.46. The van der Waals surface area contributed by atoms with Gasteiger partial charge >= 0.3 is 0 Å². The minimum absolute atomic E-state index is 0.00720. The number of fused-ring (bicyclic) bond motifs is 3. The van der Waals surface area contributed by atoms with E-state index < -0.39 is 43.5 Å². The highest BCUT2D eigenvalue weighted by Crippen LogP contribution is 2.60. The number of anilines is 1. The first-order valence-electron chi connectivity index (χ1n) is 21.1. The van der Waals surface area contributed by atoms with E-state index in [-0.39, 0.29) is 73.9 Å². The van der Waals surface area contributed by atoms with Crippen molar-refractivity contribution in [3.05, 3.63) is 112 Å². The maximum atomic E-state index is 13.4. The molecule has 5 aromatic rings. The molecule has 2 aliphatic heterocycles. The quantitative estimate of drug-likeness (QED) is 0.0625. The van der Waals surface area contributed by atoms with Crippen LogP contribution in [-0.4, -0.2) is 94.0 Å². The third kappa shape index (κ3) is 8.97. The number of hydrogen-bond donors (Lipinski definition) is 2. The van der Waals surface area contributed by atoms with E-state index >= 15 is 0 Å². The lowest BCUT2D eigenvalue weighted by molar-refractivity contribution is -0.242. The fraction of sp³-hybridized carbons (Fsp3) is 0.457. The summed E-state index contributed by atoms with van der Waals surface area (Å²) in [5, 5.41) is 12.3. The molecular formula is C46H56N7O9P. The lowest BCUT2D eigenvalue weighted by Gasteiger charge is -2.54. The van der Waals surface area contributed by atoms with Crippen LogP contribution < -0.4 is 20.3 Å². The molecule has 2 N–H and O–H groups in total. The van der Waals surface area contributed by atoms with Crippen LogP contribution >= 0.6 is 8.53 Å². The van der Waals surface area contributed by atoms with E-state index in [2.05, 4.69) is 53.7 Å². The van der Waals surface area contributed by atoms with Gasteiger partial charge in [0.2, 0.25) is 11.9 Å². The number of hydrogen-bond acceptors (Lipinski definition) is 13. The number of methoxy groups -OCH3 is 2. The van der Waals surface area contributed by atoms with Crippen LogP contribution in [0.2, 0.25) is 0 Å². The molecule has 334 valence electrons. The first kappa shape index (κ1) is 45.8. The fourth-order valence-corrected chi connectivity index (χ4v) is 10.2. The summed E-state index contributed by atoms with van der Waals surface area (Å²) < 4.78 is 51.2. The van der Waals surface area contributed by atoms with E-state index in [4.69, 9.17) is 37.7 Å². The number of rotatable bonds is 19. The molecule has 0 radical (unpaired) electrons. The minimum Gasteiger partial charge on any atom is -0.497 e. The van der Waals surface area contributed by atoms with Crippen LogP contribution in [0.25, 0.3) is 11.2 Å². The van der Waals surface area contributed by atoms with Gasteiger partial charge in [-0.05, 0) is 68.7 Å². The number of aromatic amines is 1. The lowest BCUT2D eigenvalue weighted by Crippen LogP contribution is -2.67. The molecule has 0 aliphatic carbocycles. The van der Waals surface area contributed by atoms with Crippen molar-refractivity contribution in [1.82, 2.24) is 24.2 Å². The largest absolute Gasteiger partial charge is 0.497 e. The smallest absolute Gasteiger partial charge is 0.280 e. The van der Waals surface area contributed by atoms with Gasteiger partial charge in [0.05, 0.1) is 65.5 Å². The second-order valence-corrected chi connectivity index (χ2v) is 17.8. The Kier molecular flexibility index (Phi) is 14.3. The van der Waals surface area contributed by atoms with Gasteiger partial charge in [-0.25, -0.2) is 9.65 Å². The zero-order valence-electron chi connectivity index (χ0n) is 36.9. The van der Waals surface area contributed by atoms with Crippen molar-refractivity contribution in [3.63, 3.8) is 0 Å². The van der Waals surface area contributed by atoms with Gasteiger partial charge in [-0.2, -0.15) is 10.2 Å². The van der Waals surface area contributed by atoms with Crippen molar-refractivity contribution in [1.29, 1.82) is 5.26 Å². The number of imidazole rings is 1. The standard InChI is InChI=1S/C46H56N7O9P/c1-29(2)42(54)50-44-49-41-38(43(55)51-44)48-28-52(41)37-26-59-45(27-58-39(37)40(45)62-63(61-24-12-23-47)53(30(3)4)31(5)6)46(33-15-19-35(56-7)20-16-33,34-17-21-36(57-8)22-18-34)60-25-32-13-10-9-11-14-32/h9-11,13-22,28-31,37,39-40H,12,24-27H2,1-8H3,(H2,49,50,51,54,55)/t37?,39-,40-,45-,63?/m0/s1. The first-order chi connectivity index (χ1) is 30.4. The Morgan fingerprint density at radius 1 is 1.00 bits per heavy atom. The monoisotopic (exact) mass is 881 g/mol. The Morgan fingerprint density at radius 3 is 2.21 bits per heavy atom. The summed E-state index contributed by atoms with van der Waals surface area (Å²) in [6.45, 7) is 12.1. The maximum absolute atomic E-state index is 13.4. The van der Waals surface area contributed by atoms with Crippen LogP contribution in [0.5, 0.6) is 11.5 Å². The number of ether oxygens (including phenoxy) is 5. The summed E-state index contributed by atoms with van der Waals surface area (Å²) in [5.74, 6) is 0.625. The van der Waals surface area contributed by atoms with Gasteiger partial charge < -0.3 is 37.3 Å². The minimum atomic E-state index is -1.89. The number of carbonyl (C=O) groups excluding carboxylic acids is 1. The fourth-order valence-electron chi connectivity index (χ4n) is 8.45. The summed E-state index contributed by atoms with van der Waals surface area (Å²) in [4.78, 5) is 38.0. The third-order valence-corrected chi connectivity index (χ3v) is 13.6. The van der Waals surface area contributed by atoms with Gasteiger partial charge in [0.15, 0.2) is 22.4 Å². The Morgan fingerprint density at radius 2 is 1.63 bits per heavy atom. The zero-order chi connectivity index (χ0) is 44.9. The van der Waals surface area contributed by atoms with Crippen molar-refractivity contribution in [3.8, 4) is 17.6 Å². The molecular weight excluding hydrogens is 826 g/mol. The molecule has 2 fully saturated rings. The SMILES string of the molecule is COc1ccc(C(OCc2ccccc2)(c2ccc(OC)cc2)[C@@]23CO[C@@H](C(n4cnc5c(=O)[nH]c(NC(=O)C(C)C)nc54)CO2)[C@@H]3OP(OCCC#N)N(C(C)C)C(C)C)cc1. The molecule has 17 heteroatoms. The van der Waals surface area contributed by atoms with E-state index in [1.54, 1.807) is 32.6 Å². The van der Waals surface area contributed by atoms with Crippen molar-refractivity contribution < 1.29 is 37.5 Å². The maximum Gasteiger partial charge on any atom is 0.280 e. The highest BCUT2D eigenvalue weighted by molar-refractivity contribution is 7.44. The number of nitriles is 1. The zero-order valence-corrected chi connectivity index (χ0v) is 37.8. The molecule has 5 atom stereocenters. The second kappa shape index (κ2) is 19.7. The summed E-state index contributed by atoms with van der Waals surface area (Å²) in [6.07, 6.45) is -0.0233. The van der Waals surface area contributed by atoms with Gasteiger partial charge in [-0.15, -0.1) is 0 Å². The summed E-state index contributed by atoms with van der Waals surface area (Å²) in [6, 6.07) is 26.8. The van der Waals surface area contributed by atoms with E-state index in [0.29, 0.717) is 11.5 Å². The second-order valence-electron chi connectivity index (χ2n) is 16.4. The first-order valence-corrected chi connectivity index (χ1v) is 22.3. The number of carbonyl (C=O) groups is 1. The molecule has 2 unspecified atom stereocenters. The molecule has 0 saturated carbocycles. The van der Waals surface area contributed by atoms with E-state index in [1.807, 2.05) is 78.9 Å². The van der Waals surface area contributed by atoms with Crippen LogP contribution in [0, 0.1) is 17.2 Å². The van der Waals surface area contributed by atoms with Crippen LogP contribution in [0.3, 0.4) is 0 Å². The number of nitrogens with zero attached hydrogens (tertiary/aromatic N) is 5. The van der Waals surface area contributed by atoms with Crippen LogP contribution in [0.4, 0.5) is 5.95 Å². The molecule has 2 aliphatic rings. The third-order valence-electron chi connectivity index (χ3n) is 11.4. The number of benzene rings is 3. The molecule has 3 aromatic carbocycles. The van der Waals surface area contributed by atoms with Crippen LogP contribution in [0.15, 0.2) is 90.0 Å². The van der Waals surface area contributed by atoms with Crippen molar-refractivity contribution in [2.75, 3.05) is 39.4 Å². The predicted molar refractivity (Wildman–Crippen MR) is 237 cm³/mol. The number of nitrogens with one attached hydrogen (secondary N) is 2. The Hall–Kier alpha value is -5.24. The summed E-state index contributed by atoms with van der Waals surface area (Å²) in [5.41, 5.74) is -0.674. The number of H-pyrrole nitrogens is 1. The van der Waals surface area contributed by atoms with Crippen molar-refractivity contribution in [2.24, 2.45) is 5.92 Å². The van der Waals surface area contributed by atoms with E-state index in [9.17, 15) is 14.9 Å². The molecule has 2 bridgehead atoms. The average Bonchev–Trinajstić information content (AvgIpc) is 3.80. The van der Waals surface area contributed by atoms with Gasteiger partial charge in [0.25, 0.3) is 14.1 Å². The van der Waals surface area contributed by atoms with Gasteiger partial charge in [0.1, 0.15) is 23.7 Å². The molecule has 2 saturated heterocycles. The molecule has 2 aromatic heterocycles. The lowest BCUT2D eigenvalue weighted by atomic mass is 9.68. The number of aromatic nitrogens is 4. The molecule has 1 amide bonds. The predicted octanol–water partition coefficient (Wildman–Crippen LogP) is 7.26.